The summed E-state index contributed by atoms with van der Waals surface area (Å²) >= 11 is 12.0. The minimum Gasteiger partial charge on any atom is -0.361 e. The summed E-state index contributed by atoms with van der Waals surface area (Å²) in [5.74, 6) is -0.122. The normalized spacial score (nSPS) is 21.5. The second-order valence-corrected chi connectivity index (χ2v) is 6.20. The van der Waals surface area contributed by atoms with Crippen LogP contribution in [0.15, 0.2) is 42.5 Å². The van der Waals surface area contributed by atoms with Crippen molar-refractivity contribution in [3.8, 4) is 0 Å². The number of morpholine rings is 1. The molecule has 0 saturated carbocycles. The number of aryl methyl sites for hydroxylation is 1. The van der Waals surface area contributed by atoms with Crippen molar-refractivity contribution in [2.24, 2.45) is 0 Å². The number of hydrogen-bond acceptors (Lipinski definition) is 2. The van der Waals surface area contributed by atoms with Gasteiger partial charge in [-0.2, -0.15) is 0 Å². The van der Waals surface area contributed by atoms with Gasteiger partial charge in [0.2, 0.25) is 5.91 Å². The summed E-state index contributed by atoms with van der Waals surface area (Å²) in [5, 5.41) is 4.35. The molecule has 1 amide bonds. The van der Waals surface area contributed by atoms with Crippen LogP contribution in [-0.4, -0.2) is 12.5 Å². The SMILES string of the molecule is Cc1cc(Cl)ccc1C1OCC(=O)NC1c1ccc(Cl)cc1. The molecule has 3 rings (SSSR count). The molecule has 0 aromatic heterocycles. The van der Waals surface area contributed by atoms with E-state index in [9.17, 15) is 4.79 Å². The van der Waals surface area contributed by atoms with Gasteiger partial charge in [-0.05, 0) is 47.9 Å². The van der Waals surface area contributed by atoms with Crippen molar-refractivity contribution in [3.05, 3.63) is 69.2 Å². The van der Waals surface area contributed by atoms with Crippen LogP contribution in [0.5, 0.6) is 0 Å². The van der Waals surface area contributed by atoms with E-state index in [2.05, 4.69) is 5.32 Å². The average molecular weight is 336 g/mol. The van der Waals surface area contributed by atoms with Crippen LogP contribution in [0.3, 0.4) is 0 Å². The maximum Gasteiger partial charge on any atom is 0.246 e. The van der Waals surface area contributed by atoms with Crippen LogP contribution in [0, 0.1) is 6.92 Å². The van der Waals surface area contributed by atoms with Gasteiger partial charge in [0.1, 0.15) is 12.7 Å². The Bertz CT molecular complexity index is 700. The van der Waals surface area contributed by atoms with Crippen molar-refractivity contribution >= 4 is 29.1 Å². The lowest BCUT2D eigenvalue weighted by atomic mass is 9.92. The maximum absolute atomic E-state index is 11.7. The molecule has 3 nitrogen and oxygen atoms in total. The third-order valence-corrected chi connectivity index (χ3v) is 4.27. The molecule has 2 atom stereocenters. The summed E-state index contributed by atoms with van der Waals surface area (Å²) in [5.41, 5.74) is 3.01. The Morgan fingerprint density at radius 1 is 1.09 bits per heavy atom. The Morgan fingerprint density at radius 2 is 1.77 bits per heavy atom. The van der Waals surface area contributed by atoms with Crippen LogP contribution in [0.25, 0.3) is 0 Å². The van der Waals surface area contributed by atoms with Crippen LogP contribution in [-0.2, 0) is 9.53 Å². The van der Waals surface area contributed by atoms with Crippen molar-refractivity contribution in [3.63, 3.8) is 0 Å². The van der Waals surface area contributed by atoms with Gasteiger partial charge in [-0.15, -0.1) is 0 Å². The van der Waals surface area contributed by atoms with E-state index in [1.165, 1.54) is 0 Å². The highest BCUT2D eigenvalue weighted by molar-refractivity contribution is 6.30. The molecule has 5 heteroatoms. The van der Waals surface area contributed by atoms with Gasteiger partial charge in [-0.3, -0.25) is 4.79 Å². The lowest BCUT2D eigenvalue weighted by Crippen LogP contribution is -2.41. The first-order valence-corrected chi connectivity index (χ1v) is 7.72. The van der Waals surface area contributed by atoms with E-state index in [0.717, 1.165) is 16.7 Å². The summed E-state index contributed by atoms with van der Waals surface area (Å²) in [4.78, 5) is 11.7. The first kappa shape index (κ1) is 15.3. The fourth-order valence-electron chi connectivity index (χ4n) is 2.71. The molecular formula is C17H15Cl2NO2. The average Bonchev–Trinajstić information content (AvgIpc) is 2.49. The molecular weight excluding hydrogens is 321 g/mol. The number of amides is 1. The van der Waals surface area contributed by atoms with Crippen molar-refractivity contribution in [2.45, 2.75) is 19.1 Å². The topological polar surface area (TPSA) is 38.3 Å². The molecule has 1 saturated heterocycles. The number of ether oxygens (including phenoxy) is 1. The number of halogens is 2. The molecule has 0 bridgehead atoms. The molecule has 1 aliphatic rings. The lowest BCUT2D eigenvalue weighted by Gasteiger charge is -2.34. The Morgan fingerprint density at radius 3 is 2.45 bits per heavy atom. The Labute approximate surface area is 139 Å². The van der Waals surface area contributed by atoms with Crippen LogP contribution < -0.4 is 5.32 Å². The van der Waals surface area contributed by atoms with Gasteiger partial charge in [0, 0.05) is 10.0 Å². The van der Waals surface area contributed by atoms with Gasteiger partial charge in [0.15, 0.2) is 0 Å². The Hall–Kier alpha value is -1.55. The molecule has 2 unspecified atom stereocenters. The van der Waals surface area contributed by atoms with Gasteiger partial charge in [-0.25, -0.2) is 0 Å². The standard InChI is InChI=1S/C17H15Cl2NO2/c1-10-8-13(19)6-7-14(10)17-16(20-15(21)9-22-17)11-2-4-12(18)5-3-11/h2-8,16-17H,9H2,1H3,(H,20,21). The van der Waals surface area contributed by atoms with Gasteiger partial charge < -0.3 is 10.1 Å². The van der Waals surface area contributed by atoms with Crippen molar-refractivity contribution < 1.29 is 9.53 Å². The van der Waals surface area contributed by atoms with Crippen LogP contribution in [0.4, 0.5) is 0 Å². The summed E-state index contributed by atoms with van der Waals surface area (Å²) in [6, 6.07) is 12.9. The predicted octanol–water partition coefficient (Wildman–Crippen LogP) is 4.23. The van der Waals surface area contributed by atoms with Gasteiger partial charge >= 0.3 is 0 Å². The molecule has 1 aliphatic heterocycles. The van der Waals surface area contributed by atoms with Crippen molar-refractivity contribution in [2.75, 3.05) is 6.61 Å². The maximum atomic E-state index is 11.7. The van der Waals surface area contributed by atoms with E-state index in [1.807, 2.05) is 49.4 Å². The molecule has 2 aromatic rings. The summed E-state index contributed by atoms with van der Waals surface area (Å²) < 4.78 is 5.81. The molecule has 1 fully saturated rings. The molecule has 0 radical (unpaired) electrons. The van der Waals surface area contributed by atoms with Crippen LogP contribution in [0.1, 0.15) is 28.8 Å². The highest BCUT2D eigenvalue weighted by Gasteiger charge is 2.32. The predicted molar refractivity (Wildman–Crippen MR) is 87.2 cm³/mol. The zero-order valence-electron chi connectivity index (χ0n) is 12.0. The zero-order valence-corrected chi connectivity index (χ0v) is 13.5. The van der Waals surface area contributed by atoms with Gasteiger partial charge in [-0.1, -0.05) is 41.4 Å². The van der Waals surface area contributed by atoms with E-state index < -0.39 is 0 Å². The molecule has 1 heterocycles. The minimum absolute atomic E-state index is 0.0524. The third kappa shape index (κ3) is 3.12. The van der Waals surface area contributed by atoms with E-state index in [-0.39, 0.29) is 24.7 Å². The minimum atomic E-state index is -0.254. The van der Waals surface area contributed by atoms with Crippen molar-refractivity contribution in [1.29, 1.82) is 0 Å². The third-order valence-electron chi connectivity index (χ3n) is 3.78. The second kappa shape index (κ2) is 6.29. The largest absolute Gasteiger partial charge is 0.361 e. The number of benzene rings is 2. The second-order valence-electron chi connectivity index (χ2n) is 5.33. The number of carbonyl (C=O) groups excluding carboxylic acids is 1. The number of nitrogens with one attached hydrogen (secondary N) is 1. The zero-order chi connectivity index (χ0) is 15.7. The quantitative estimate of drug-likeness (QED) is 0.891. The van der Waals surface area contributed by atoms with E-state index in [0.29, 0.717) is 10.0 Å². The monoisotopic (exact) mass is 335 g/mol. The summed E-state index contributed by atoms with van der Waals surface area (Å²) in [6.45, 7) is 2.04. The first-order chi connectivity index (χ1) is 10.5. The Balaban J connectivity index is 1.99. The molecule has 22 heavy (non-hydrogen) atoms. The van der Waals surface area contributed by atoms with Crippen LogP contribution in [0.2, 0.25) is 10.0 Å². The smallest absolute Gasteiger partial charge is 0.246 e. The fourth-order valence-corrected chi connectivity index (χ4v) is 3.06. The van der Waals surface area contributed by atoms with Gasteiger partial charge in [0.25, 0.3) is 0 Å². The van der Waals surface area contributed by atoms with E-state index in [4.69, 9.17) is 27.9 Å². The Kier molecular flexibility index (Phi) is 4.39. The number of hydrogen-bond donors (Lipinski definition) is 1. The molecule has 0 spiro atoms. The highest BCUT2D eigenvalue weighted by atomic mass is 35.5. The molecule has 0 aliphatic carbocycles. The number of rotatable bonds is 2. The van der Waals surface area contributed by atoms with Gasteiger partial charge in [0.05, 0.1) is 6.04 Å². The van der Waals surface area contributed by atoms with Crippen molar-refractivity contribution in [1.82, 2.24) is 5.32 Å². The van der Waals surface area contributed by atoms with E-state index >= 15 is 0 Å². The fraction of sp³-hybridized carbons (Fsp3) is 0.235. The molecule has 2 aromatic carbocycles. The van der Waals surface area contributed by atoms with Crippen LogP contribution >= 0.6 is 23.2 Å². The lowest BCUT2D eigenvalue weighted by molar-refractivity contribution is -0.137. The highest BCUT2D eigenvalue weighted by Crippen LogP contribution is 2.36. The number of carbonyl (C=O) groups is 1. The summed E-state index contributed by atoms with van der Waals surface area (Å²) in [6.07, 6.45) is -0.254. The molecule has 1 N–H and O–H groups in total. The van der Waals surface area contributed by atoms with E-state index in [1.54, 1.807) is 0 Å². The summed E-state index contributed by atoms with van der Waals surface area (Å²) in [7, 11) is 0. The molecule has 114 valence electrons. The first-order valence-electron chi connectivity index (χ1n) is 6.97.